The van der Waals surface area contributed by atoms with Gasteiger partial charge in [-0.25, -0.2) is 18.6 Å². The maximum Gasteiger partial charge on any atom is 0.326 e. The van der Waals surface area contributed by atoms with Crippen LogP contribution in [0.2, 0.25) is 0 Å². The van der Waals surface area contributed by atoms with Crippen LogP contribution in [0.5, 0.6) is 0 Å². The smallest absolute Gasteiger partial charge is 0.326 e. The van der Waals surface area contributed by atoms with Gasteiger partial charge in [0.05, 0.1) is 11.0 Å². The molecule has 0 bridgehead atoms. The molecule has 1 aromatic carbocycles. The molecule has 1 unspecified atom stereocenters. The number of imidazole rings is 1. The molecule has 0 aliphatic rings. The summed E-state index contributed by atoms with van der Waals surface area (Å²) in [6.45, 7) is 5.43. The van der Waals surface area contributed by atoms with E-state index in [0.29, 0.717) is 17.8 Å². The van der Waals surface area contributed by atoms with Gasteiger partial charge in [0.15, 0.2) is 11.6 Å². The number of halogens is 2. The summed E-state index contributed by atoms with van der Waals surface area (Å²) in [5, 5.41) is 9.18. The van der Waals surface area contributed by atoms with Gasteiger partial charge in [0.2, 0.25) is 0 Å². The van der Waals surface area contributed by atoms with Crippen molar-refractivity contribution in [3.8, 4) is 0 Å². The van der Waals surface area contributed by atoms with E-state index in [4.69, 9.17) is 0 Å². The molecular weight excluding hydrogens is 266 g/mol. The molecular formula is C14H16F2N2O2. The van der Waals surface area contributed by atoms with E-state index >= 15 is 0 Å². The average Bonchev–Trinajstić information content (AvgIpc) is 2.65. The third kappa shape index (κ3) is 2.50. The Hall–Kier alpha value is -1.98. The number of rotatable bonds is 4. The molecule has 0 spiro atoms. The van der Waals surface area contributed by atoms with Crippen LogP contribution in [0.25, 0.3) is 11.0 Å². The minimum Gasteiger partial charge on any atom is -0.480 e. The first-order valence-corrected chi connectivity index (χ1v) is 6.40. The molecule has 0 saturated carbocycles. The normalized spacial score (nSPS) is 13.1. The van der Waals surface area contributed by atoms with Gasteiger partial charge in [-0.2, -0.15) is 0 Å². The molecule has 0 aliphatic carbocycles. The highest BCUT2D eigenvalue weighted by Crippen LogP contribution is 2.25. The molecule has 0 amide bonds. The van der Waals surface area contributed by atoms with Gasteiger partial charge in [-0.05, 0) is 12.8 Å². The maximum atomic E-state index is 13.4. The number of benzene rings is 1. The number of carboxylic acids is 1. The van der Waals surface area contributed by atoms with Crippen LogP contribution in [0.1, 0.15) is 32.6 Å². The van der Waals surface area contributed by atoms with E-state index in [1.165, 1.54) is 11.5 Å². The second-order valence-corrected chi connectivity index (χ2v) is 5.27. The van der Waals surface area contributed by atoms with Gasteiger partial charge in [0, 0.05) is 18.6 Å². The van der Waals surface area contributed by atoms with Crippen molar-refractivity contribution in [1.82, 2.24) is 9.55 Å². The summed E-state index contributed by atoms with van der Waals surface area (Å²) < 4.78 is 28.1. The standard InChI is InChI=1S/C14H16F2N2O2/c1-7(2)4-13-17-11-5-9(15)10(16)6-12(11)18(13)8(3)14(19)20/h5-8H,4H2,1-3H3,(H,19,20). The number of nitrogens with zero attached hydrogens (tertiary/aromatic N) is 2. The third-order valence-corrected chi connectivity index (χ3v) is 3.14. The minimum atomic E-state index is -1.04. The molecule has 20 heavy (non-hydrogen) atoms. The summed E-state index contributed by atoms with van der Waals surface area (Å²) in [6.07, 6.45) is 0.537. The van der Waals surface area contributed by atoms with Gasteiger partial charge < -0.3 is 9.67 Å². The number of fused-ring (bicyclic) bond motifs is 1. The zero-order chi connectivity index (χ0) is 15.0. The second kappa shape index (κ2) is 5.19. The van der Waals surface area contributed by atoms with E-state index < -0.39 is 23.6 Å². The predicted octanol–water partition coefficient (Wildman–Crippen LogP) is 3.16. The molecule has 4 nitrogen and oxygen atoms in total. The summed E-state index contributed by atoms with van der Waals surface area (Å²) in [5.41, 5.74) is 0.571. The lowest BCUT2D eigenvalue weighted by Crippen LogP contribution is -2.19. The number of aromatic nitrogens is 2. The second-order valence-electron chi connectivity index (χ2n) is 5.27. The van der Waals surface area contributed by atoms with E-state index in [1.54, 1.807) is 0 Å². The first-order valence-electron chi connectivity index (χ1n) is 6.40. The molecule has 2 rings (SSSR count). The number of carbonyl (C=O) groups is 1. The highest BCUT2D eigenvalue weighted by Gasteiger charge is 2.22. The van der Waals surface area contributed by atoms with Crippen molar-refractivity contribution >= 4 is 17.0 Å². The van der Waals surface area contributed by atoms with Crippen LogP contribution >= 0.6 is 0 Å². The molecule has 2 aromatic rings. The summed E-state index contributed by atoms with van der Waals surface area (Å²) in [6, 6.07) is 1.11. The van der Waals surface area contributed by atoms with Crippen LogP contribution in [0.4, 0.5) is 8.78 Å². The summed E-state index contributed by atoms with van der Waals surface area (Å²) >= 11 is 0. The van der Waals surface area contributed by atoms with Crippen LogP contribution in [-0.4, -0.2) is 20.6 Å². The third-order valence-electron chi connectivity index (χ3n) is 3.14. The monoisotopic (exact) mass is 282 g/mol. The van der Waals surface area contributed by atoms with Crippen LogP contribution in [0.15, 0.2) is 12.1 Å². The maximum absolute atomic E-state index is 13.4. The van der Waals surface area contributed by atoms with Gasteiger partial charge in [0.1, 0.15) is 11.9 Å². The van der Waals surface area contributed by atoms with E-state index in [1.807, 2.05) is 13.8 Å². The number of hydrogen-bond donors (Lipinski definition) is 1. The Morgan fingerprint density at radius 1 is 1.30 bits per heavy atom. The highest BCUT2D eigenvalue weighted by molar-refractivity contribution is 5.80. The van der Waals surface area contributed by atoms with E-state index in [2.05, 4.69) is 4.98 Å². The van der Waals surface area contributed by atoms with E-state index in [0.717, 1.165) is 12.1 Å². The number of hydrogen-bond acceptors (Lipinski definition) is 2. The molecule has 0 aliphatic heterocycles. The van der Waals surface area contributed by atoms with Crippen LogP contribution in [-0.2, 0) is 11.2 Å². The van der Waals surface area contributed by atoms with Crippen molar-refractivity contribution in [2.24, 2.45) is 5.92 Å². The first kappa shape index (κ1) is 14.4. The quantitative estimate of drug-likeness (QED) is 0.937. The fourth-order valence-corrected chi connectivity index (χ4v) is 2.19. The van der Waals surface area contributed by atoms with Crippen molar-refractivity contribution < 1.29 is 18.7 Å². The molecule has 0 radical (unpaired) electrons. The van der Waals surface area contributed by atoms with Crippen LogP contribution in [0.3, 0.4) is 0 Å². The van der Waals surface area contributed by atoms with Crippen molar-refractivity contribution in [2.75, 3.05) is 0 Å². The molecule has 0 saturated heterocycles. The Morgan fingerprint density at radius 2 is 1.90 bits per heavy atom. The first-order chi connectivity index (χ1) is 9.31. The fourth-order valence-electron chi connectivity index (χ4n) is 2.19. The Kier molecular flexibility index (Phi) is 3.74. The zero-order valence-corrected chi connectivity index (χ0v) is 11.5. The fraction of sp³-hybridized carbons (Fsp3) is 0.429. The lowest BCUT2D eigenvalue weighted by Gasteiger charge is -2.14. The summed E-state index contributed by atoms with van der Waals surface area (Å²) in [4.78, 5) is 15.5. The molecule has 6 heteroatoms. The van der Waals surface area contributed by atoms with E-state index in [-0.39, 0.29) is 11.4 Å². The lowest BCUT2D eigenvalue weighted by atomic mass is 10.1. The van der Waals surface area contributed by atoms with Gasteiger partial charge in [-0.3, -0.25) is 0 Å². The molecule has 0 fully saturated rings. The molecule has 1 aromatic heterocycles. The minimum absolute atomic E-state index is 0.251. The summed E-state index contributed by atoms with van der Waals surface area (Å²) in [7, 11) is 0. The predicted molar refractivity (Wildman–Crippen MR) is 70.5 cm³/mol. The average molecular weight is 282 g/mol. The zero-order valence-electron chi connectivity index (χ0n) is 11.5. The van der Waals surface area contributed by atoms with Gasteiger partial charge in [-0.15, -0.1) is 0 Å². The van der Waals surface area contributed by atoms with Gasteiger partial charge in [0.25, 0.3) is 0 Å². The van der Waals surface area contributed by atoms with Crippen LogP contribution < -0.4 is 0 Å². The SMILES string of the molecule is CC(C)Cc1nc2cc(F)c(F)cc2n1C(C)C(=O)O. The highest BCUT2D eigenvalue weighted by atomic mass is 19.2. The van der Waals surface area contributed by atoms with Crippen molar-refractivity contribution in [3.05, 3.63) is 29.6 Å². The Labute approximate surface area is 115 Å². The Balaban J connectivity index is 2.70. The summed E-state index contributed by atoms with van der Waals surface area (Å²) in [5.74, 6) is -2.26. The lowest BCUT2D eigenvalue weighted by molar-refractivity contribution is -0.140. The van der Waals surface area contributed by atoms with E-state index in [9.17, 15) is 18.7 Å². The molecule has 1 N–H and O–H groups in total. The molecule has 1 heterocycles. The number of aliphatic carboxylic acids is 1. The Bertz CT molecular complexity index is 665. The van der Waals surface area contributed by atoms with Gasteiger partial charge >= 0.3 is 5.97 Å². The number of carboxylic acid groups (broad SMARTS) is 1. The van der Waals surface area contributed by atoms with Crippen molar-refractivity contribution in [3.63, 3.8) is 0 Å². The largest absolute Gasteiger partial charge is 0.480 e. The van der Waals surface area contributed by atoms with Gasteiger partial charge in [-0.1, -0.05) is 13.8 Å². The molecule has 108 valence electrons. The molecule has 1 atom stereocenters. The topological polar surface area (TPSA) is 55.1 Å². The van der Waals surface area contributed by atoms with Crippen molar-refractivity contribution in [1.29, 1.82) is 0 Å². The Morgan fingerprint density at radius 3 is 2.45 bits per heavy atom. The van der Waals surface area contributed by atoms with Crippen LogP contribution in [0, 0.1) is 17.6 Å². The van der Waals surface area contributed by atoms with Crippen molar-refractivity contribution in [2.45, 2.75) is 33.2 Å².